The molecule has 84 valence electrons. The smallest absolute Gasteiger partial charge is 0.251 e. The van der Waals surface area contributed by atoms with E-state index in [1.54, 1.807) is 4.90 Å². The molecule has 0 fully saturated rings. The lowest BCUT2D eigenvalue weighted by atomic mass is 10.3. The molecule has 0 spiro atoms. The van der Waals surface area contributed by atoms with E-state index in [2.05, 4.69) is 0 Å². The average Bonchev–Trinajstić information content (AvgIpc) is 1.98. The molecule has 1 atom stereocenters. The predicted molar refractivity (Wildman–Crippen MR) is 56.3 cm³/mol. The molecule has 0 bridgehead atoms. The summed E-state index contributed by atoms with van der Waals surface area (Å²) in [5, 5.41) is 0. The van der Waals surface area contributed by atoms with Crippen LogP contribution in [-0.2, 0) is 0 Å². The van der Waals surface area contributed by atoms with Gasteiger partial charge in [-0.3, -0.25) is 4.90 Å². The van der Waals surface area contributed by atoms with E-state index in [1.807, 2.05) is 13.8 Å². The van der Waals surface area contributed by atoms with Gasteiger partial charge in [0.1, 0.15) is 0 Å². The molecule has 0 rings (SSSR count). The van der Waals surface area contributed by atoms with Gasteiger partial charge in [-0.15, -0.1) is 24.8 Å². The number of nitrogens with two attached hydrogens (primary N) is 1. The zero-order valence-corrected chi connectivity index (χ0v) is 9.51. The molecule has 0 saturated carbocycles. The number of likely N-dealkylation sites (N-methyl/N-ethyl adjacent to an activating group) is 1. The Morgan fingerprint density at radius 2 is 1.77 bits per heavy atom. The highest BCUT2D eigenvalue weighted by atomic mass is 35.5. The Kier molecular flexibility index (Phi) is 15.3. The van der Waals surface area contributed by atoms with Crippen molar-refractivity contribution in [2.75, 3.05) is 19.6 Å². The summed E-state index contributed by atoms with van der Waals surface area (Å²) in [7, 11) is 0. The van der Waals surface area contributed by atoms with Gasteiger partial charge in [-0.1, -0.05) is 6.92 Å². The summed E-state index contributed by atoms with van der Waals surface area (Å²) >= 11 is 0. The normalized spacial score (nSPS) is 12.2. The maximum Gasteiger partial charge on any atom is 0.251 e. The molecule has 2 nitrogen and oxygen atoms in total. The molecular weight excluding hydrogens is 221 g/mol. The van der Waals surface area contributed by atoms with Crippen molar-refractivity contribution in [1.82, 2.24) is 4.90 Å². The van der Waals surface area contributed by atoms with Crippen molar-refractivity contribution < 1.29 is 8.78 Å². The van der Waals surface area contributed by atoms with Gasteiger partial charge in [0.2, 0.25) is 0 Å². The highest BCUT2D eigenvalue weighted by Crippen LogP contribution is 2.02. The molecule has 13 heavy (non-hydrogen) atoms. The van der Waals surface area contributed by atoms with Crippen molar-refractivity contribution in [2.45, 2.75) is 26.3 Å². The molecule has 0 aromatic rings. The first-order chi connectivity index (χ1) is 5.11. The van der Waals surface area contributed by atoms with Crippen LogP contribution in [0.4, 0.5) is 8.78 Å². The van der Waals surface area contributed by atoms with Crippen molar-refractivity contribution >= 4 is 24.8 Å². The summed E-state index contributed by atoms with van der Waals surface area (Å²) in [6.45, 7) is 4.60. The van der Waals surface area contributed by atoms with Crippen LogP contribution in [0.1, 0.15) is 13.8 Å². The Morgan fingerprint density at radius 3 is 2.00 bits per heavy atom. The molecule has 2 N–H and O–H groups in total. The molecule has 6 heteroatoms. The second kappa shape index (κ2) is 10.4. The van der Waals surface area contributed by atoms with E-state index in [-0.39, 0.29) is 37.4 Å². The fourth-order valence-electron chi connectivity index (χ4n) is 0.947. The summed E-state index contributed by atoms with van der Waals surface area (Å²) in [5.41, 5.74) is 5.34. The second-order valence-corrected chi connectivity index (χ2v) is 2.56. The summed E-state index contributed by atoms with van der Waals surface area (Å²) in [6, 6.07) is 0.0500. The molecule has 0 radical (unpaired) electrons. The van der Waals surface area contributed by atoms with E-state index in [1.165, 1.54) is 0 Å². The predicted octanol–water partition coefficient (Wildman–Crippen LogP) is 1.76. The van der Waals surface area contributed by atoms with Crippen LogP contribution in [0.25, 0.3) is 0 Å². The van der Waals surface area contributed by atoms with Crippen molar-refractivity contribution in [3.8, 4) is 0 Å². The second-order valence-electron chi connectivity index (χ2n) is 2.56. The molecular formula is C7H18Cl2F2N2. The topological polar surface area (TPSA) is 29.3 Å². The van der Waals surface area contributed by atoms with Crippen molar-refractivity contribution in [1.29, 1.82) is 0 Å². The lowest BCUT2D eigenvalue weighted by Gasteiger charge is -2.25. The van der Waals surface area contributed by atoms with Crippen LogP contribution >= 0.6 is 24.8 Å². The fourth-order valence-corrected chi connectivity index (χ4v) is 0.947. The van der Waals surface area contributed by atoms with Gasteiger partial charge in [0.05, 0.1) is 6.54 Å². The minimum atomic E-state index is -2.26. The number of halogens is 4. The maximum atomic E-state index is 11.9. The van der Waals surface area contributed by atoms with Crippen LogP contribution in [0, 0.1) is 0 Å². The van der Waals surface area contributed by atoms with E-state index < -0.39 is 6.43 Å². The first kappa shape index (κ1) is 19.0. The molecule has 0 aliphatic carbocycles. The van der Waals surface area contributed by atoms with Crippen LogP contribution in [0.5, 0.6) is 0 Å². The minimum absolute atomic E-state index is 0. The van der Waals surface area contributed by atoms with Crippen molar-refractivity contribution in [3.63, 3.8) is 0 Å². The number of nitrogens with zero attached hydrogens (tertiary/aromatic N) is 1. The molecule has 0 aromatic heterocycles. The summed E-state index contributed by atoms with van der Waals surface area (Å²) in [5.74, 6) is 0. The highest BCUT2D eigenvalue weighted by molar-refractivity contribution is 5.85. The van der Waals surface area contributed by atoms with E-state index in [4.69, 9.17) is 5.73 Å². The molecule has 0 amide bonds. The molecule has 0 aliphatic rings. The van der Waals surface area contributed by atoms with Gasteiger partial charge in [-0.25, -0.2) is 8.78 Å². The maximum absolute atomic E-state index is 11.9. The Morgan fingerprint density at radius 1 is 1.31 bits per heavy atom. The Balaban J connectivity index is -0.000000500. The number of alkyl halides is 2. The lowest BCUT2D eigenvalue weighted by Crippen LogP contribution is -2.40. The Bertz CT molecular complexity index is 106. The summed E-state index contributed by atoms with van der Waals surface area (Å²) in [4.78, 5) is 1.67. The SMILES string of the molecule is CCN(CC(F)F)[C@@H](C)CN.Cl.Cl. The molecule has 0 unspecified atom stereocenters. The van der Waals surface area contributed by atoms with E-state index in [0.29, 0.717) is 13.1 Å². The third-order valence-corrected chi connectivity index (χ3v) is 1.74. The first-order valence-electron chi connectivity index (χ1n) is 3.84. The number of rotatable bonds is 5. The van der Waals surface area contributed by atoms with Gasteiger partial charge in [-0.2, -0.15) is 0 Å². The van der Waals surface area contributed by atoms with Crippen LogP contribution in [-0.4, -0.2) is 37.0 Å². The van der Waals surface area contributed by atoms with Gasteiger partial charge < -0.3 is 5.73 Å². The molecule has 0 heterocycles. The highest BCUT2D eigenvalue weighted by Gasteiger charge is 2.14. The van der Waals surface area contributed by atoms with Gasteiger partial charge in [-0.05, 0) is 13.5 Å². The molecule has 0 aromatic carbocycles. The minimum Gasteiger partial charge on any atom is -0.329 e. The van der Waals surface area contributed by atoms with E-state index in [0.717, 1.165) is 0 Å². The third-order valence-electron chi connectivity index (χ3n) is 1.74. The summed E-state index contributed by atoms with van der Waals surface area (Å²) < 4.78 is 23.8. The van der Waals surface area contributed by atoms with Crippen molar-refractivity contribution in [2.24, 2.45) is 5.73 Å². The van der Waals surface area contributed by atoms with Gasteiger partial charge in [0.25, 0.3) is 6.43 Å². The Labute approximate surface area is 90.7 Å². The van der Waals surface area contributed by atoms with Gasteiger partial charge >= 0.3 is 0 Å². The standard InChI is InChI=1S/C7H16F2N2.2ClH/c1-3-11(5-7(8)9)6(2)4-10;;/h6-7H,3-5,10H2,1-2H3;2*1H/t6-;;/m0../s1. The monoisotopic (exact) mass is 238 g/mol. The molecule has 0 aliphatic heterocycles. The first-order valence-corrected chi connectivity index (χ1v) is 3.84. The average molecular weight is 239 g/mol. The van der Waals surface area contributed by atoms with Gasteiger partial charge in [0.15, 0.2) is 0 Å². The third kappa shape index (κ3) is 8.68. The van der Waals surface area contributed by atoms with E-state index in [9.17, 15) is 8.78 Å². The zero-order chi connectivity index (χ0) is 8.85. The summed E-state index contributed by atoms with van der Waals surface area (Å²) in [6.07, 6.45) is -2.26. The zero-order valence-electron chi connectivity index (χ0n) is 7.87. The Hall–Kier alpha value is 0.360. The van der Waals surface area contributed by atoms with E-state index >= 15 is 0 Å². The van der Waals surface area contributed by atoms with Crippen LogP contribution < -0.4 is 5.73 Å². The number of hydrogen-bond donors (Lipinski definition) is 1. The fraction of sp³-hybridized carbons (Fsp3) is 1.00. The van der Waals surface area contributed by atoms with Crippen LogP contribution in [0.15, 0.2) is 0 Å². The van der Waals surface area contributed by atoms with Crippen molar-refractivity contribution in [3.05, 3.63) is 0 Å². The lowest BCUT2D eigenvalue weighted by molar-refractivity contribution is 0.0742. The van der Waals surface area contributed by atoms with Crippen LogP contribution in [0.2, 0.25) is 0 Å². The number of hydrogen-bond acceptors (Lipinski definition) is 2. The molecule has 0 saturated heterocycles. The quantitative estimate of drug-likeness (QED) is 0.792. The van der Waals surface area contributed by atoms with Gasteiger partial charge in [0, 0.05) is 12.6 Å². The largest absolute Gasteiger partial charge is 0.329 e. The van der Waals surface area contributed by atoms with Crippen LogP contribution in [0.3, 0.4) is 0 Å².